The zero-order valence-electron chi connectivity index (χ0n) is 23.6. The monoisotopic (exact) mass is 588 g/mol. The maximum absolute atomic E-state index is 13.9. The van der Waals surface area contributed by atoms with Crippen molar-refractivity contribution < 1.29 is 29.0 Å². The lowest BCUT2D eigenvalue weighted by Gasteiger charge is -2.35. The summed E-state index contributed by atoms with van der Waals surface area (Å²) in [6.45, 7) is 0.363. The topological polar surface area (TPSA) is 113 Å². The molecule has 0 spiro atoms. The molecule has 42 heavy (non-hydrogen) atoms. The van der Waals surface area contributed by atoms with E-state index in [2.05, 4.69) is 5.32 Å². The summed E-state index contributed by atoms with van der Waals surface area (Å²) < 4.78 is 12.9. The van der Waals surface area contributed by atoms with Crippen LogP contribution in [0.3, 0.4) is 0 Å². The van der Waals surface area contributed by atoms with E-state index in [9.17, 15) is 19.5 Å². The number of aryl methyl sites for hydroxylation is 1. The summed E-state index contributed by atoms with van der Waals surface area (Å²) in [6, 6.07) is 13.3. The highest BCUT2D eigenvalue weighted by Gasteiger charge is 2.42. The van der Waals surface area contributed by atoms with Crippen LogP contribution in [-0.2, 0) is 29.6 Å². The Labute approximate surface area is 247 Å². The molecule has 4 aromatic rings. The van der Waals surface area contributed by atoms with Crippen LogP contribution in [0.15, 0.2) is 60.1 Å². The fourth-order valence-electron chi connectivity index (χ4n) is 5.99. The van der Waals surface area contributed by atoms with Crippen molar-refractivity contribution in [1.82, 2.24) is 14.8 Å². The zero-order chi connectivity index (χ0) is 29.5. The first-order chi connectivity index (χ1) is 20.3. The third-order valence-corrected chi connectivity index (χ3v) is 8.91. The van der Waals surface area contributed by atoms with Gasteiger partial charge in [0.1, 0.15) is 12.1 Å². The van der Waals surface area contributed by atoms with Gasteiger partial charge in [0.15, 0.2) is 11.5 Å². The van der Waals surface area contributed by atoms with Gasteiger partial charge in [-0.3, -0.25) is 14.4 Å². The van der Waals surface area contributed by atoms with Crippen LogP contribution in [0.1, 0.15) is 27.2 Å². The molecule has 6 rings (SSSR count). The number of β-amino-alcohol motifs (C(OH)–C–C–N with tert-alkyl or cyclic N) is 1. The first-order valence-electron chi connectivity index (χ1n) is 13.7. The number of thiophene rings is 1. The van der Waals surface area contributed by atoms with Crippen molar-refractivity contribution in [1.29, 1.82) is 0 Å². The van der Waals surface area contributed by atoms with Gasteiger partial charge in [-0.1, -0.05) is 24.3 Å². The number of rotatable bonds is 7. The highest BCUT2D eigenvalue weighted by atomic mass is 32.1. The summed E-state index contributed by atoms with van der Waals surface area (Å²) in [4.78, 5) is 45.4. The summed E-state index contributed by atoms with van der Waals surface area (Å²) in [5, 5.41) is 16.2. The highest BCUT2D eigenvalue weighted by molar-refractivity contribution is 7.09. The normalized spacial score (nSPS) is 20.1. The second kappa shape index (κ2) is 11.1. The number of ether oxygens (including phenoxy) is 2. The van der Waals surface area contributed by atoms with E-state index in [0.717, 1.165) is 21.3 Å². The Bertz CT molecular complexity index is 1670. The number of methoxy groups -OCH3 is 2. The molecule has 3 atom stereocenters. The number of hydrogen-bond acceptors (Lipinski definition) is 7. The van der Waals surface area contributed by atoms with Gasteiger partial charge in [0.05, 0.1) is 38.1 Å². The smallest absolute Gasteiger partial charge is 0.256 e. The summed E-state index contributed by atoms with van der Waals surface area (Å²) in [5.74, 6) is -0.0387. The number of aliphatic hydroxyl groups excluding tert-OH is 1. The number of hydrogen-bond donors (Lipinski definition) is 2. The Morgan fingerprint density at radius 3 is 2.60 bits per heavy atom. The van der Waals surface area contributed by atoms with E-state index in [1.807, 2.05) is 59.5 Å². The number of carbonyl (C=O) groups is 3. The van der Waals surface area contributed by atoms with E-state index in [-0.39, 0.29) is 31.2 Å². The van der Waals surface area contributed by atoms with Crippen LogP contribution in [0.2, 0.25) is 0 Å². The minimum Gasteiger partial charge on any atom is -0.493 e. The fraction of sp³-hybridized carbons (Fsp3) is 0.323. The lowest BCUT2D eigenvalue weighted by molar-refractivity contribution is -0.130. The minimum atomic E-state index is -0.920. The Hall–Kier alpha value is -4.35. The molecule has 2 aromatic carbocycles. The van der Waals surface area contributed by atoms with E-state index >= 15 is 0 Å². The SMILES string of the molecule is COc1cc2c(cc1OC)N(Cc1cccs1)C(=O)C(NC(=O)C1C[C@@H](O)CN1C(=O)c1cn(C)c3ccccc13)C2. The number of aliphatic hydroxyl groups is 1. The molecule has 0 aliphatic carbocycles. The molecule has 10 nitrogen and oxygen atoms in total. The van der Waals surface area contributed by atoms with Crippen LogP contribution in [0.4, 0.5) is 5.69 Å². The van der Waals surface area contributed by atoms with Crippen LogP contribution >= 0.6 is 11.3 Å². The number of carbonyl (C=O) groups excluding carboxylic acids is 3. The summed E-state index contributed by atoms with van der Waals surface area (Å²) in [6.07, 6.45) is 1.23. The number of fused-ring (bicyclic) bond motifs is 2. The number of nitrogens with zero attached hydrogens (tertiary/aromatic N) is 3. The van der Waals surface area contributed by atoms with E-state index < -0.39 is 24.1 Å². The Kier molecular flexibility index (Phi) is 7.38. The highest BCUT2D eigenvalue weighted by Crippen LogP contribution is 2.39. The number of para-hydroxylation sites is 1. The first kappa shape index (κ1) is 27.8. The summed E-state index contributed by atoms with van der Waals surface area (Å²) >= 11 is 1.54. The molecule has 4 heterocycles. The average Bonchev–Trinajstić information content (AvgIpc) is 3.73. The first-order valence-corrected chi connectivity index (χ1v) is 14.6. The maximum Gasteiger partial charge on any atom is 0.256 e. The zero-order valence-corrected chi connectivity index (χ0v) is 24.4. The van der Waals surface area contributed by atoms with Crippen molar-refractivity contribution >= 4 is 45.6 Å². The van der Waals surface area contributed by atoms with Crippen LogP contribution < -0.4 is 19.7 Å². The molecular formula is C31H32N4O6S. The van der Waals surface area contributed by atoms with Gasteiger partial charge in [0.2, 0.25) is 11.8 Å². The number of benzene rings is 2. The second-order valence-corrected chi connectivity index (χ2v) is 11.7. The largest absolute Gasteiger partial charge is 0.493 e. The van der Waals surface area contributed by atoms with Gasteiger partial charge < -0.3 is 34.3 Å². The van der Waals surface area contributed by atoms with Crippen LogP contribution in [0.5, 0.6) is 11.5 Å². The van der Waals surface area contributed by atoms with Crippen LogP contribution in [0, 0.1) is 0 Å². The van der Waals surface area contributed by atoms with Gasteiger partial charge in [-0.2, -0.15) is 0 Å². The van der Waals surface area contributed by atoms with Crippen LogP contribution in [0.25, 0.3) is 10.9 Å². The quantitative estimate of drug-likeness (QED) is 0.343. The lowest BCUT2D eigenvalue weighted by Crippen LogP contribution is -2.56. The summed E-state index contributed by atoms with van der Waals surface area (Å²) in [7, 11) is 4.96. The van der Waals surface area contributed by atoms with Crippen molar-refractivity contribution in [2.75, 3.05) is 25.7 Å². The van der Waals surface area contributed by atoms with E-state index in [0.29, 0.717) is 29.3 Å². The number of likely N-dealkylation sites (tertiary alicyclic amines) is 1. The molecule has 2 N–H and O–H groups in total. The van der Waals surface area contributed by atoms with Crippen molar-refractivity contribution in [2.24, 2.45) is 7.05 Å². The van der Waals surface area contributed by atoms with Crippen molar-refractivity contribution in [3.05, 3.63) is 76.1 Å². The third-order valence-electron chi connectivity index (χ3n) is 8.04. The summed E-state index contributed by atoms with van der Waals surface area (Å²) in [5.41, 5.74) is 2.88. The lowest BCUT2D eigenvalue weighted by atomic mass is 9.95. The molecular weight excluding hydrogens is 556 g/mol. The molecule has 2 aliphatic heterocycles. The number of aromatic nitrogens is 1. The number of amides is 3. The van der Waals surface area contributed by atoms with Crippen LogP contribution in [-0.4, -0.2) is 71.2 Å². The van der Waals surface area contributed by atoms with E-state index in [1.165, 1.54) is 16.2 Å². The van der Waals surface area contributed by atoms with Gasteiger partial charge in [-0.05, 0) is 29.1 Å². The predicted octanol–water partition coefficient (Wildman–Crippen LogP) is 3.11. The fourth-order valence-corrected chi connectivity index (χ4v) is 6.69. The van der Waals surface area contributed by atoms with Crippen molar-refractivity contribution in [2.45, 2.75) is 37.6 Å². The van der Waals surface area contributed by atoms with Gasteiger partial charge >= 0.3 is 0 Å². The molecule has 3 amide bonds. The number of nitrogens with one attached hydrogen (secondary N) is 1. The standard InChI is InChI=1S/C31H32N4O6S/c1-33-17-22(21-8-4-5-9-24(21)33)30(38)34-15-19(36)13-26(34)29(37)32-23-11-18-12-27(40-2)28(41-3)14-25(18)35(31(23)39)16-20-7-6-10-42-20/h4-10,12,14,17,19,23,26,36H,11,13,15-16H2,1-3H3,(H,32,37)/t19-,23?,26?/m1/s1. The van der Waals surface area contributed by atoms with Gasteiger partial charge in [0, 0.05) is 54.5 Å². The van der Waals surface area contributed by atoms with Gasteiger partial charge in [0.25, 0.3) is 5.91 Å². The van der Waals surface area contributed by atoms with Gasteiger partial charge in [-0.15, -0.1) is 11.3 Å². The average molecular weight is 589 g/mol. The van der Waals surface area contributed by atoms with E-state index in [1.54, 1.807) is 31.4 Å². The minimum absolute atomic E-state index is 0.0308. The van der Waals surface area contributed by atoms with E-state index in [4.69, 9.17) is 9.47 Å². The molecule has 2 unspecified atom stereocenters. The maximum atomic E-state index is 13.9. The Morgan fingerprint density at radius 1 is 1.10 bits per heavy atom. The molecule has 1 saturated heterocycles. The predicted molar refractivity (Wildman–Crippen MR) is 159 cm³/mol. The third kappa shape index (κ3) is 4.88. The Morgan fingerprint density at radius 2 is 1.86 bits per heavy atom. The van der Waals surface area contributed by atoms with Crippen molar-refractivity contribution in [3.8, 4) is 11.5 Å². The molecule has 2 aliphatic rings. The molecule has 1 fully saturated rings. The molecule has 218 valence electrons. The molecule has 0 bridgehead atoms. The molecule has 0 radical (unpaired) electrons. The number of anilines is 1. The molecule has 0 saturated carbocycles. The molecule has 2 aromatic heterocycles. The molecule has 11 heteroatoms. The Balaban J connectivity index is 1.28. The second-order valence-electron chi connectivity index (χ2n) is 10.6. The van der Waals surface area contributed by atoms with Gasteiger partial charge in [-0.25, -0.2) is 0 Å². The van der Waals surface area contributed by atoms with Crippen molar-refractivity contribution in [3.63, 3.8) is 0 Å².